The van der Waals surface area contributed by atoms with E-state index in [0.29, 0.717) is 0 Å². The molecule has 0 fully saturated rings. The Hall–Kier alpha value is -6.39. The zero-order valence-corrected chi connectivity index (χ0v) is 44.1. The number of pyridine rings is 1. The molecule has 0 amide bonds. The van der Waals surface area contributed by atoms with Crippen LogP contribution in [0.4, 0.5) is 0 Å². The van der Waals surface area contributed by atoms with E-state index in [0.717, 1.165) is 55.6 Å². The Labute approximate surface area is 422 Å². The third-order valence-electron chi connectivity index (χ3n) is 14.8. The maximum Gasteiger partial charge on any atom is 0.125 e. The van der Waals surface area contributed by atoms with E-state index in [-0.39, 0.29) is 48.2 Å². The van der Waals surface area contributed by atoms with Gasteiger partial charge in [0.2, 0.25) is 0 Å². The molecule has 11 rings (SSSR count). The maximum absolute atomic E-state index is 7.22. The van der Waals surface area contributed by atoms with Gasteiger partial charge in [0.05, 0.1) is 22.4 Å². The van der Waals surface area contributed by atoms with Crippen molar-refractivity contribution in [2.45, 2.75) is 104 Å². The SMILES string of the molecule is CC(C)(C)c1ccnc(-c2[c-]cccc2)c1.CC(C)c1cc(-c2ccccc2)cc(C(C)C)c1-n1c(-c2[c-]ccc3c2oc2c4c(ccc23)-c2ccccc2C(C)(C)C4(C)C)nc2ccccc21.[Ir]. The first kappa shape index (κ1) is 47.7. The number of aromatic nitrogens is 3. The summed E-state index contributed by atoms with van der Waals surface area (Å²) >= 11 is 0. The van der Waals surface area contributed by atoms with E-state index in [1.54, 1.807) is 0 Å². The molecule has 0 bridgehead atoms. The van der Waals surface area contributed by atoms with Crippen LogP contribution in [0.2, 0.25) is 0 Å². The molecule has 4 nitrogen and oxygen atoms in total. The monoisotopic (exact) mass is 1080 g/mol. The summed E-state index contributed by atoms with van der Waals surface area (Å²) in [4.78, 5) is 9.79. The number of furan rings is 1. The predicted octanol–water partition coefficient (Wildman–Crippen LogP) is 17.4. The second-order valence-electron chi connectivity index (χ2n) is 21.3. The summed E-state index contributed by atoms with van der Waals surface area (Å²) < 4.78 is 9.61. The molecule has 3 heterocycles. The van der Waals surface area contributed by atoms with E-state index in [2.05, 4.69) is 219 Å². The molecule has 1 aliphatic carbocycles. The number of rotatable bonds is 6. The molecule has 5 heteroatoms. The molecule has 7 aromatic carbocycles. The first-order valence-corrected chi connectivity index (χ1v) is 24.2. The Morgan fingerprint density at radius 3 is 1.97 bits per heavy atom. The molecule has 1 radical (unpaired) electrons. The Morgan fingerprint density at radius 1 is 0.609 bits per heavy atom. The van der Waals surface area contributed by atoms with Crippen molar-refractivity contribution in [3.8, 4) is 50.6 Å². The van der Waals surface area contributed by atoms with Gasteiger partial charge in [0.1, 0.15) is 5.58 Å². The largest absolute Gasteiger partial charge is 0.500 e. The fourth-order valence-corrected chi connectivity index (χ4v) is 10.4. The van der Waals surface area contributed by atoms with Gasteiger partial charge in [0.15, 0.2) is 0 Å². The van der Waals surface area contributed by atoms with Crippen molar-refractivity contribution in [1.82, 2.24) is 14.5 Å². The van der Waals surface area contributed by atoms with Crippen molar-refractivity contribution in [2.75, 3.05) is 0 Å². The minimum Gasteiger partial charge on any atom is -0.500 e. The average Bonchev–Trinajstić information content (AvgIpc) is 3.92. The molecular weight excluding hydrogens is 1020 g/mol. The molecule has 349 valence electrons. The van der Waals surface area contributed by atoms with Crippen LogP contribution < -0.4 is 0 Å². The van der Waals surface area contributed by atoms with Gasteiger partial charge in [-0.25, -0.2) is 0 Å². The number of hydrogen-bond donors (Lipinski definition) is 0. The van der Waals surface area contributed by atoms with Gasteiger partial charge in [0, 0.05) is 48.4 Å². The summed E-state index contributed by atoms with van der Waals surface area (Å²) in [6, 6.07) is 60.7. The van der Waals surface area contributed by atoms with E-state index in [9.17, 15) is 0 Å². The van der Waals surface area contributed by atoms with Crippen molar-refractivity contribution in [3.63, 3.8) is 0 Å². The molecule has 3 aromatic heterocycles. The second-order valence-corrected chi connectivity index (χ2v) is 21.3. The summed E-state index contributed by atoms with van der Waals surface area (Å²) in [7, 11) is 0. The molecular formula is C64H61IrN3O-2. The summed E-state index contributed by atoms with van der Waals surface area (Å²) in [5.41, 5.74) is 19.3. The third kappa shape index (κ3) is 8.18. The fourth-order valence-electron chi connectivity index (χ4n) is 10.4. The van der Waals surface area contributed by atoms with Gasteiger partial charge < -0.3 is 14.0 Å². The Bertz CT molecular complexity index is 3460. The van der Waals surface area contributed by atoms with Crippen molar-refractivity contribution in [1.29, 1.82) is 0 Å². The van der Waals surface area contributed by atoms with Crippen molar-refractivity contribution >= 4 is 33.0 Å². The molecule has 0 N–H and O–H groups in total. The zero-order valence-electron chi connectivity index (χ0n) is 41.7. The van der Waals surface area contributed by atoms with Crippen LogP contribution in [0.3, 0.4) is 0 Å². The first-order valence-electron chi connectivity index (χ1n) is 24.2. The number of para-hydroxylation sites is 2. The molecule has 10 aromatic rings. The fraction of sp³-hybridized carbons (Fsp3) is 0.250. The summed E-state index contributed by atoms with van der Waals surface area (Å²) in [6.45, 7) is 25.3. The smallest absolute Gasteiger partial charge is 0.125 e. The van der Waals surface area contributed by atoms with Gasteiger partial charge in [-0.15, -0.1) is 54.1 Å². The molecule has 0 unspecified atom stereocenters. The van der Waals surface area contributed by atoms with Gasteiger partial charge in [-0.05, 0) is 103 Å². The number of imidazole rings is 1. The standard InChI is InChI=1S/C49H45N2O.C15H16N.Ir/c1-29(2)38-27-32(31-17-10-9-11-18-31)28-39(30(3)4)44(38)51-42-24-15-14-23-41(42)50-47(51)37-21-16-20-35-36-26-25-34-33-19-12-13-22-40(33)48(5,6)49(7,8)43(34)46(36)52-45(35)37;1-15(2,3)13-9-10-16-14(11-13)12-7-5-4-6-8-12;/h9-20,22-30H,1-8H3;4-7,9-11H,1-3H3;/q2*-1;. The number of fused-ring (bicyclic) bond motifs is 8. The minimum atomic E-state index is -0.195. The molecule has 0 atom stereocenters. The molecule has 0 spiro atoms. The van der Waals surface area contributed by atoms with Gasteiger partial charge >= 0.3 is 0 Å². The van der Waals surface area contributed by atoms with Crippen LogP contribution in [0.5, 0.6) is 0 Å². The van der Waals surface area contributed by atoms with Crippen LogP contribution in [0.25, 0.3) is 83.6 Å². The van der Waals surface area contributed by atoms with Crippen LogP contribution in [0, 0.1) is 12.1 Å². The van der Waals surface area contributed by atoms with Crippen molar-refractivity contribution in [3.05, 3.63) is 198 Å². The number of benzene rings is 7. The molecule has 0 aliphatic heterocycles. The minimum absolute atomic E-state index is 0. The van der Waals surface area contributed by atoms with Crippen LogP contribution in [0.1, 0.15) is 116 Å². The van der Waals surface area contributed by atoms with Crippen LogP contribution in [0.15, 0.2) is 162 Å². The third-order valence-corrected chi connectivity index (χ3v) is 14.8. The number of hydrogen-bond acceptors (Lipinski definition) is 3. The van der Waals surface area contributed by atoms with E-state index in [1.807, 2.05) is 36.5 Å². The van der Waals surface area contributed by atoms with Crippen LogP contribution in [-0.2, 0) is 36.4 Å². The predicted molar refractivity (Wildman–Crippen MR) is 285 cm³/mol. The Balaban J connectivity index is 0.000000296. The van der Waals surface area contributed by atoms with Crippen molar-refractivity contribution in [2.24, 2.45) is 0 Å². The number of nitrogens with zero attached hydrogens (tertiary/aromatic N) is 3. The normalized spacial score (nSPS) is 13.8. The Kier molecular flexibility index (Phi) is 12.6. The molecule has 0 saturated heterocycles. The van der Waals surface area contributed by atoms with E-state index in [4.69, 9.17) is 9.40 Å². The molecule has 0 saturated carbocycles. The molecule has 1 aliphatic rings. The summed E-state index contributed by atoms with van der Waals surface area (Å²) in [5, 5.41) is 2.22. The van der Waals surface area contributed by atoms with Gasteiger partial charge in [0.25, 0.3) is 0 Å². The van der Waals surface area contributed by atoms with E-state index in [1.165, 1.54) is 55.8 Å². The van der Waals surface area contributed by atoms with Crippen LogP contribution >= 0.6 is 0 Å². The first-order chi connectivity index (χ1) is 32.6. The van der Waals surface area contributed by atoms with E-state index >= 15 is 0 Å². The maximum atomic E-state index is 7.22. The second kappa shape index (κ2) is 18.2. The molecule has 69 heavy (non-hydrogen) atoms. The summed E-state index contributed by atoms with van der Waals surface area (Å²) in [6.07, 6.45) is 1.87. The van der Waals surface area contributed by atoms with Gasteiger partial charge in [-0.1, -0.05) is 172 Å². The summed E-state index contributed by atoms with van der Waals surface area (Å²) in [5.74, 6) is 1.40. The topological polar surface area (TPSA) is 43.9 Å². The van der Waals surface area contributed by atoms with Gasteiger partial charge in [-0.2, -0.15) is 0 Å². The van der Waals surface area contributed by atoms with Crippen molar-refractivity contribution < 1.29 is 24.5 Å². The quantitative estimate of drug-likeness (QED) is 0.156. The average molecular weight is 1080 g/mol. The Morgan fingerprint density at radius 2 is 1.28 bits per heavy atom. The van der Waals surface area contributed by atoms with E-state index < -0.39 is 0 Å². The van der Waals surface area contributed by atoms with Crippen LogP contribution in [-0.4, -0.2) is 14.5 Å². The van der Waals surface area contributed by atoms with Gasteiger partial charge in [-0.3, -0.25) is 4.98 Å². The zero-order chi connectivity index (χ0) is 47.7.